The summed E-state index contributed by atoms with van der Waals surface area (Å²) in [5.41, 5.74) is 0.843. The van der Waals surface area contributed by atoms with E-state index in [-0.39, 0.29) is 29.6 Å². The van der Waals surface area contributed by atoms with Crippen LogP contribution in [0, 0.1) is 11.8 Å². The summed E-state index contributed by atoms with van der Waals surface area (Å²) in [5.74, 6) is 0.458. The number of rotatable bonds is 3. The number of Topliss-reactive ketones (excluding diaryl/α,β-unsaturated/α-hetero) is 1. The van der Waals surface area contributed by atoms with Gasteiger partial charge in [0.1, 0.15) is 11.3 Å². The summed E-state index contributed by atoms with van der Waals surface area (Å²) in [6.07, 6.45) is 3.81. The smallest absolute Gasteiger partial charge is 0.250 e. The van der Waals surface area contributed by atoms with Gasteiger partial charge in [-0.15, -0.1) is 11.3 Å². The predicted octanol–water partition coefficient (Wildman–Crippen LogP) is 5.06. The number of ketones is 1. The summed E-state index contributed by atoms with van der Waals surface area (Å²) in [5, 5.41) is 6.26. The Balaban J connectivity index is 1.62. The Hall–Kier alpha value is -1.40. The van der Waals surface area contributed by atoms with Crippen molar-refractivity contribution in [3.63, 3.8) is 0 Å². The van der Waals surface area contributed by atoms with Gasteiger partial charge < -0.3 is 5.32 Å². The highest BCUT2D eigenvalue weighted by Crippen LogP contribution is 2.63. The molecule has 0 unspecified atom stereocenters. The molecule has 1 spiro atoms. The van der Waals surface area contributed by atoms with E-state index in [1.807, 2.05) is 29.6 Å². The second-order valence-electron chi connectivity index (χ2n) is 8.75. The Morgan fingerprint density at radius 2 is 1.97 bits per heavy atom. The molecule has 29 heavy (non-hydrogen) atoms. The number of benzene rings is 1. The van der Waals surface area contributed by atoms with Crippen LogP contribution < -0.4 is 5.32 Å². The molecule has 4 atom stereocenters. The summed E-state index contributed by atoms with van der Waals surface area (Å²) in [6, 6.07) is 7.70. The van der Waals surface area contributed by atoms with Gasteiger partial charge in [0.05, 0.1) is 5.02 Å². The molecule has 2 aromatic rings. The largest absolute Gasteiger partial charge is 0.324 e. The molecule has 6 rings (SSSR count). The van der Waals surface area contributed by atoms with Crippen LogP contribution in [-0.2, 0) is 15.1 Å². The van der Waals surface area contributed by atoms with Crippen molar-refractivity contribution in [1.82, 2.24) is 4.90 Å². The van der Waals surface area contributed by atoms with Crippen LogP contribution in [0.5, 0.6) is 0 Å². The average molecular weight is 447 g/mol. The maximum absolute atomic E-state index is 13.8. The van der Waals surface area contributed by atoms with Gasteiger partial charge in [-0.05, 0) is 43.4 Å². The lowest BCUT2D eigenvalue weighted by Gasteiger charge is -2.39. The number of carbonyl (C=O) groups is 2. The SMILES string of the molecule is O=C1CC[C@@H]2[C@H]1[C@@H](c1cc(Cl)cs1)[C@]1(C(=O)Nc3cc(Cl)ccc31)N2CC1CC1. The number of amides is 1. The minimum atomic E-state index is -0.873. The lowest BCUT2D eigenvalue weighted by atomic mass is 9.73. The zero-order valence-corrected chi connectivity index (χ0v) is 18.0. The molecule has 3 fully saturated rings. The lowest BCUT2D eigenvalue weighted by Crippen LogP contribution is -2.52. The third-order valence-corrected chi connectivity index (χ3v) is 8.77. The topological polar surface area (TPSA) is 49.4 Å². The molecule has 1 aromatic heterocycles. The molecular formula is C22H20Cl2N2O2S. The van der Waals surface area contributed by atoms with Gasteiger partial charge in [0, 0.05) is 57.4 Å². The molecular weight excluding hydrogens is 427 g/mol. The van der Waals surface area contributed by atoms with Crippen LogP contribution in [0.2, 0.25) is 10.0 Å². The van der Waals surface area contributed by atoms with E-state index in [1.54, 1.807) is 11.3 Å². The van der Waals surface area contributed by atoms with Crippen LogP contribution in [0.15, 0.2) is 29.6 Å². The molecule has 4 nitrogen and oxygen atoms in total. The van der Waals surface area contributed by atoms with Gasteiger partial charge in [-0.25, -0.2) is 0 Å². The Morgan fingerprint density at radius 3 is 2.69 bits per heavy atom. The van der Waals surface area contributed by atoms with Crippen molar-refractivity contribution in [2.45, 2.75) is 43.2 Å². The standard InChI is InChI=1S/C22H20Cl2N2O2S/c23-12-3-4-14-15(7-12)25-21(28)22(14)20(18-8-13(24)10-29-18)19-16(5-6-17(19)27)26(22)9-11-1-2-11/h3-4,7-8,10-11,16,19-20H,1-2,5-6,9H2,(H,25,28)/t16-,19-,20-,22-/m1/s1. The molecule has 0 bridgehead atoms. The number of hydrogen-bond donors (Lipinski definition) is 1. The lowest BCUT2D eigenvalue weighted by molar-refractivity contribution is -0.128. The van der Waals surface area contributed by atoms with Gasteiger partial charge in [0.25, 0.3) is 0 Å². The summed E-state index contributed by atoms with van der Waals surface area (Å²) in [6.45, 7) is 0.861. The first-order valence-corrected chi connectivity index (χ1v) is 11.8. The van der Waals surface area contributed by atoms with E-state index in [9.17, 15) is 9.59 Å². The van der Waals surface area contributed by atoms with Gasteiger partial charge in [-0.1, -0.05) is 29.3 Å². The van der Waals surface area contributed by atoms with Crippen LogP contribution in [0.1, 0.15) is 42.0 Å². The first kappa shape index (κ1) is 18.4. The van der Waals surface area contributed by atoms with Crippen LogP contribution in [0.3, 0.4) is 0 Å². The number of carbonyl (C=O) groups excluding carboxylic acids is 2. The number of halogens is 2. The highest BCUT2D eigenvalue weighted by Gasteiger charge is 2.69. The van der Waals surface area contributed by atoms with Gasteiger partial charge in [-0.3, -0.25) is 14.5 Å². The molecule has 150 valence electrons. The van der Waals surface area contributed by atoms with E-state index in [4.69, 9.17) is 23.2 Å². The number of nitrogens with one attached hydrogen (secondary N) is 1. The van der Waals surface area contributed by atoms with Crippen molar-refractivity contribution >= 4 is 51.9 Å². The molecule has 3 heterocycles. The van der Waals surface area contributed by atoms with Crippen molar-refractivity contribution < 1.29 is 9.59 Å². The van der Waals surface area contributed by atoms with E-state index in [0.717, 1.165) is 29.1 Å². The Bertz CT molecular complexity index is 1050. The molecule has 4 aliphatic rings. The van der Waals surface area contributed by atoms with E-state index in [1.165, 1.54) is 12.8 Å². The number of thiophene rings is 1. The second kappa shape index (κ2) is 6.30. The third kappa shape index (κ3) is 2.48. The Labute approximate surface area is 183 Å². The maximum Gasteiger partial charge on any atom is 0.250 e. The molecule has 1 amide bonds. The number of likely N-dealkylation sites (tertiary alicyclic amines) is 1. The third-order valence-electron chi connectivity index (χ3n) is 7.17. The Kier molecular flexibility index (Phi) is 3.99. The van der Waals surface area contributed by atoms with Gasteiger partial charge in [0.15, 0.2) is 0 Å². The van der Waals surface area contributed by atoms with Crippen LogP contribution in [0.4, 0.5) is 5.69 Å². The van der Waals surface area contributed by atoms with E-state index < -0.39 is 5.54 Å². The molecule has 7 heteroatoms. The molecule has 1 N–H and O–H groups in total. The van der Waals surface area contributed by atoms with Gasteiger partial charge >= 0.3 is 0 Å². The maximum atomic E-state index is 13.8. The summed E-state index contributed by atoms with van der Waals surface area (Å²) < 4.78 is 0. The van der Waals surface area contributed by atoms with Crippen molar-refractivity contribution in [3.05, 3.63) is 50.1 Å². The fourth-order valence-electron chi connectivity index (χ4n) is 5.93. The first-order chi connectivity index (χ1) is 14.0. The first-order valence-electron chi connectivity index (χ1n) is 10.1. The van der Waals surface area contributed by atoms with E-state index in [0.29, 0.717) is 22.4 Å². The van der Waals surface area contributed by atoms with E-state index >= 15 is 0 Å². The van der Waals surface area contributed by atoms with Gasteiger partial charge in [0.2, 0.25) is 5.91 Å². The fourth-order valence-corrected chi connectivity index (χ4v) is 7.39. The zero-order chi connectivity index (χ0) is 19.9. The van der Waals surface area contributed by atoms with Crippen LogP contribution in [-0.4, -0.2) is 29.2 Å². The number of hydrogen-bond acceptors (Lipinski definition) is 4. The molecule has 1 aromatic carbocycles. The number of nitrogens with zero attached hydrogens (tertiary/aromatic N) is 1. The molecule has 2 saturated carbocycles. The minimum absolute atomic E-state index is 0.0351. The zero-order valence-electron chi connectivity index (χ0n) is 15.7. The summed E-state index contributed by atoms with van der Waals surface area (Å²) >= 11 is 14.1. The number of fused-ring (bicyclic) bond motifs is 3. The summed E-state index contributed by atoms with van der Waals surface area (Å²) in [7, 11) is 0. The second-order valence-corrected chi connectivity index (χ2v) is 10.6. The average Bonchev–Trinajstić information content (AvgIpc) is 3.02. The normalized spacial score (nSPS) is 33.4. The highest BCUT2D eigenvalue weighted by atomic mass is 35.5. The van der Waals surface area contributed by atoms with Crippen molar-refractivity contribution in [3.8, 4) is 0 Å². The van der Waals surface area contributed by atoms with Crippen LogP contribution >= 0.6 is 34.5 Å². The molecule has 1 saturated heterocycles. The monoisotopic (exact) mass is 446 g/mol. The van der Waals surface area contributed by atoms with Gasteiger partial charge in [-0.2, -0.15) is 0 Å². The fraction of sp³-hybridized carbons (Fsp3) is 0.455. The predicted molar refractivity (Wildman–Crippen MR) is 115 cm³/mol. The van der Waals surface area contributed by atoms with Crippen molar-refractivity contribution in [1.29, 1.82) is 0 Å². The molecule has 0 radical (unpaired) electrons. The van der Waals surface area contributed by atoms with Crippen LogP contribution in [0.25, 0.3) is 0 Å². The van der Waals surface area contributed by atoms with E-state index in [2.05, 4.69) is 10.2 Å². The molecule has 2 aliphatic heterocycles. The number of anilines is 1. The van der Waals surface area contributed by atoms with Crippen molar-refractivity contribution in [2.75, 3.05) is 11.9 Å². The summed E-state index contributed by atoms with van der Waals surface area (Å²) in [4.78, 5) is 30.3. The Morgan fingerprint density at radius 1 is 1.14 bits per heavy atom. The quantitative estimate of drug-likeness (QED) is 0.716. The van der Waals surface area contributed by atoms with Crippen molar-refractivity contribution in [2.24, 2.45) is 11.8 Å². The minimum Gasteiger partial charge on any atom is -0.324 e. The molecule has 2 aliphatic carbocycles. The highest BCUT2D eigenvalue weighted by molar-refractivity contribution is 7.10.